The van der Waals surface area contributed by atoms with E-state index in [0.29, 0.717) is 12.1 Å². The summed E-state index contributed by atoms with van der Waals surface area (Å²) in [6.45, 7) is 0. The molecule has 0 saturated carbocycles. The molecular weight excluding hydrogens is 263 g/mol. The molecule has 0 saturated heterocycles. The smallest absolute Gasteiger partial charge is 0.264 e. The lowest BCUT2D eigenvalue weighted by molar-refractivity contribution is 0.425. The van der Waals surface area contributed by atoms with Crippen LogP contribution in [0.15, 0.2) is 23.0 Å². The molecule has 2 aromatic heterocycles. The van der Waals surface area contributed by atoms with E-state index in [1.165, 1.54) is 6.33 Å². The van der Waals surface area contributed by atoms with Gasteiger partial charge < -0.3 is 4.52 Å². The third-order valence-electron chi connectivity index (χ3n) is 2.27. The Morgan fingerprint density at radius 1 is 1.11 bits per heavy atom. The van der Waals surface area contributed by atoms with E-state index < -0.39 is 28.9 Å². The van der Waals surface area contributed by atoms with E-state index in [0.717, 1.165) is 0 Å². The summed E-state index contributed by atoms with van der Waals surface area (Å²) in [5.74, 6) is -3.56. The van der Waals surface area contributed by atoms with Crippen LogP contribution in [0.5, 0.6) is 0 Å². The van der Waals surface area contributed by atoms with Crippen molar-refractivity contribution in [3.63, 3.8) is 0 Å². The van der Waals surface area contributed by atoms with Crippen molar-refractivity contribution in [2.45, 2.75) is 0 Å². The Balaban J connectivity index is 2.09. The van der Waals surface area contributed by atoms with Gasteiger partial charge in [-0.25, -0.2) is 18.2 Å². The van der Waals surface area contributed by atoms with Crippen LogP contribution in [-0.4, -0.2) is 25.3 Å². The highest BCUT2D eigenvalue weighted by Crippen LogP contribution is 2.26. The Kier molecular flexibility index (Phi) is 2.51. The van der Waals surface area contributed by atoms with E-state index in [1.807, 2.05) is 0 Å². The minimum atomic E-state index is -1.13. The van der Waals surface area contributed by atoms with Crippen molar-refractivity contribution in [2.75, 3.05) is 0 Å². The molecule has 1 aromatic carbocycles. The van der Waals surface area contributed by atoms with E-state index >= 15 is 0 Å². The number of hydrogen-bond acceptors (Lipinski definition) is 5. The molecule has 0 amide bonds. The lowest BCUT2D eigenvalue weighted by Crippen LogP contribution is -1.92. The zero-order valence-electron chi connectivity index (χ0n) is 9.06. The zero-order valence-corrected chi connectivity index (χ0v) is 9.06. The molecule has 3 rings (SSSR count). The highest BCUT2D eigenvalue weighted by atomic mass is 19.1. The number of aromatic amines is 1. The molecule has 0 aliphatic rings. The van der Waals surface area contributed by atoms with Gasteiger partial charge in [-0.2, -0.15) is 10.1 Å². The van der Waals surface area contributed by atoms with Crippen LogP contribution in [-0.2, 0) is 0 Å². The van der Waals surface area contributed by atoms with E-state index in [2.05, 4.69) is 25.3 Å². The van der Waals surface area contributed by atoms with Gasteiger partial charge in [-0.3, -0.25) is 5.10 Å². The van der Waals surface area contributed by atoms with Crippen LogP contribution in [0.1, 0.15) is 0 Å². The number of hydrogen-bond donors (Lipinski definition) is 1. The van der Waals surface area contributed by atoms with Crippen molar-refractivity contribution in [3.05, 3.63) is 35.9 Å². The van der Waals surface area contributed by atoms with Crippen molar-refractivity contribution in [1.82, 2.24) is 25.3 Å². The highest BCUT2D eigenvalue weighted by Gasteiger charge is 2.20. The molecular formula is C10H4F3N5O. The molecule has 19 heavy (non-hydrogen) atoms. The molecule has 6 nitrogen and oxygen atoms in total. The predicted octanol–water partition coefficient (Wildman–Crippen LogP) is 1.94. The molecule has 0 fully saturated rings. The van der Waals surface area contributed by atoms with Crippen LogP contribution in [0.4, 0.5) is 13.2 Å². The molecule has 0 atom stereocenters. The Bertz CT molecular complexity index is 702. The number of benzene rings is 1. The molecule has 2 heterocycles. The fourth-order valence-corrected chi connectivity index (χ4v) is 1.48. The third-order valence-corrected chi connectivity index (χ3v) is 2.27. The SMILES string of the molecule is Fc1cc(F)c(-c2nc(-c3ncn[nH]3)no2)c(F)c1. The van der Waals surface area contributed by atoms with Crippen molar-refractivity contribution >= 4 is 0 Å². The first-order chi connectivity index (χ1) is 9.15. The fraction of sp³-hybridized carbons (Fsp3) is 0. The van der Waals surface area contributed by atoms with Gasteiger partial charge in [0.05, 0.1) is 0 Å². The van der Waals surface area contributed by atoms with Gasteiger partial charge in [0, 0.05) is 12.1 Å². The monoisotopic (exact) mass is 267 g/mol. The number of nitrogens with one attached hydrogen (secondary N) is 1. The van der Waals surface area contributed by atoms with Gasteiger partial charge in [0.25, 0.3) is 5.89 Å². The Hall–Kier alpha value is -2.71. The minimum absolute atomic E-state index is 0.0179. The normalized spacial score (nSPS) is 10.9. The second-order valence-corrected chi connectivity index (χ2v) is 3.50. The van der Waals surface area contributed by atoms with E-state index in [-0.39, 0.29) is 11.6 Å². The summed E-state index contributed by atoms with van der Waals surface area (Å²) < 4.78 is 44.5. The van der Waals surface area contributed by atoms with E-state index in [4.69, 9.17) is 4.52 Å². The zero-order chi connectivity index (χ0) is 13.4. The highest BCUT2D eigenvalue weighted by molar-refractivity contribution is 5.57. The molecule has 1 N–H and O–H groups in total. The number of nitrogens with zero attached hydrogens (tertiary/aromatic N) is 4. The van der Waals surface area contributed by atoms with Gasteiger partial charge in [0.15, 0.2) is 5.82 Å². The standard InChI is InChI=1S/C10H4F3N5O/c11-4-1-5(12)7(6(13)2-4)10-16-9(18-19-10)8-14-3-15-17-8/h1-3H,(H,14,15,17). The maximum Gasteiger partial charge on any atom is 0.264 e. The average molecular weight is 267 g/mol. The van der Waals surface area contributed by atoms with Crippen LogP contribution in [0.25, 0.3) is 23.1 Å². The topological polar surface area (TPSA) is 80.5 Å². The summed E-state index contributed by atoms with van der Waals surface area (Å²) in [4.78, 5) is 7.51. The van der Waals surface area contributed by atoms with Crippen molar-refractivity contribution in [2.24, 2.45) is 0 Å². The van der Waals surface area contributed by atoms with Crippen LogP contribution in [0.2, 0.25) is 0 Å². The van der Waals surface area contributed by atoms with Crippen LogP contribution >= 0.6 is 0 Å². The minimum Gasteiger partial charge on any atom is -0.333 e. The van der Waals surface area contributed by atoms with Gasteiger partial charge >= 0.3 is 0 Å². The Morgan fingerprint density at radius 2 is 1.84 bits per heavy atom. The van der Waals surface area contributed by atoms with Crippen LogP contribution in [0.3, 0.4) is 0 Å². The van der Waals surface area contributed by atoms with Crippen LogP contribution < -0.4 is 0 Å². The lowest BCUT2D eigenvalue weighted by Gasteiger charge is -1.99. The molecule has 0 aliphatic heterocycles. The number of H-pyrrole nitrogens is 1. The molecule has 9 heteroatoms. The molecule has 96 valence electrons. The molecule has 0 aliphatic carbocycles. The fourth-order valence-electron chi connectivity index (χ4n) is 1.48. The molecule has 0 bridgehead atoms. The summed E-state index contributed by atoms with van der Waals surface area (Å²) in [5.41, 5.74) is -0.598. The first-order valence-corrected chi connectivity index (χ1v) is 4.99. The summed E-state index contributed by atoms with van der Waals surface area (Å²) in [7, 11) is 0. The average Bonchev–Trinajstić information content (AvgIpc) is 2.97. The number of halogens is 3. The molecule has 0 radical (unpaired) electrons. The summed E-state index contributed by atoms with van der Waals surface area (Å²) >= 11 is 0. The third kappa shape index (κ3) is 1.94. The maximum atomic E-state index is 13.5. The van der Waals surface area contributed by atoms with Crippen molar-refractivity contribution in [3.8, 4) is 23.1 Å². The number of aromatic nitrogens is 5. The quantitative estimate of drug-likeness (QED) is 0.767. The first-order valence-electron chi connectivity index (χ1n) is 4.99. The summed E-state index contributed by atoms with van der Waals surface area (Å²) in [5, 5.41) is 9.53. The largest absolute Gasteiger partial charge is 0.333 e. The van der Waals surface area contributed by atoms with E-state index in [1.54, 1.807) is 0 Å². The summed E-state index contributed by atoms with van der Waals surface area (Å²) in [6.07, 6.45) is 1.21. The second-order valence-electron chi connectivity index (χ2n) is 3.50. The van der Waals surface area contributed by atoms with Gasteiger partial charge in [-0.05, 0) is 0 Å². The molecule has 0 unspecified atom stereocenters. The Labute approximate surface area is 103 Å². The first kappa shape index (κ1) is 11.4. The van der Waals surface area contributed by atoms with Crippen molar-refractivity contribution in [1.29, 1.82) is 0 Å². The van der Waals surface area contributed by atoms with E-state index in [9.17, 15) is 13.2 Å². The van der Waals surface area contributed by atoms with Gasteiger partial charge in [-0.1, -0.05) is 5.16 Å². The van der Waals surface area contributed by atoms with Crippen molar-refractivity contribution < 1.29 is 17.7 Å². The van der Waals surface area contributed by atoms with Gasteiger partial charge in [0.1, 0.15) is 29.3 Å². The van der Waals surface area contributed by atoms with Gasteiger partial charge in [-0.15, -0.1) is 0 Å². The van der Waals surface area contributed by atoms with Crippen LogP contribution in [0, 0.1) is 17.5 Å². The Morgan fingerprint density at radius 3 is 2.47 bits per heavy atom. The summed E-state index contributed by atoms with van der Waals surface area (Å²) in [6, 6.07) is 1.05. The predicted molar refractivity (Wildman–Crippen MR) is 55.0 cm³/mol. The number of rotatable bonds is 2. The second kappa shape index (κ2) is 4.19. The maximum absolute atomic E-state index is 13.5. The molecule has 0 spiro atoms. The van der Waals surface area contributed by atoms with Gasteiger partial charge in [0.2, 0.25) is 5.82 Å². The molecule has 3 aromatic rings. The lowest BCUT2D eigenvalue weighted by atomic mass is 10.2.